The van der Waals surface area contributed by atoms with Crippen LogP contribution in [0.4, 0.5) is 15.9 Å². The zero-order chi connectivity index (χ0) is 25.4. The number of benzene rings is 2. The van der Waals surface area contributed by atoms with Crippen molar-refractivity contribution in [1.82, 2.24) is 9.55 Å². The number of para-hydroxylation sites is 1. The first-order chi connectivity index (χ1) is 16.8. The van der Waals surface area contributed by atoms with Gasteiger partial charge >= 0.3 is 5.69 Å². The molecule has 0 aliphatic heterocycles. The third kappa shape index (κ3) is 6.54. The van der Waals surface area contributed by atoms with Gasteiger partial charge in [0.15, 0.2) is 5.69 Å². The number of H-pyrrole nitrogens is 1. The molecule has 0 fully saturated rings. The lowest BCUT2D eigenvalue weighted by atomic mass is 10.1. The lowest BCUT2D eigenvalue weighted by Gasteiger charge is -2.25. The number of methoxy groups -OCH3 is 1. The van der Waals surface area contributed by atoms with Gasteiger partial charge in [-0.1, -0.05) is 43.7 Å². The van der Waals surface area contributed by atoms with Crippen LogP contribution < -0.4 is 26.6 Å². The zero-order valence-electron chi connectivity index (χ0n) is 19.8. The molecule has 10 heteroatoms. The van der Waals surface area contributed by atoms with Crippen LogP contribution in [0.5, 0.6) is 5.75 Å². The molecule has 0 atom stereocenters. The Morgan fingerprint density at radius 1 is 1.17 bits per heavy atom. The van der Waals surface area contributed by atoms with Crippen LogP contribution in [0.1, 0.15) is 30.9 Å². The molecule has 186 valence electrons. The van der Waals surface area contributed by atoms with Crippen molar-refractivity contribution in [2.45, 2.75) is 38.6 Å². The molecular weight excluding hydrogens is 471 g/mol. The number of nitrogens with two attached hydrogens (primary N) is 1. The molecule has 0 spiro atoms. The lowest BCUT2D eigenvalue weighted by Crippen LogP contribution is -2.41. The normalized spacial score (nSPS) is 10.8. The molecule has 0 saturated heterocycles. The summed E-state index contributed by atoms with van der Waals surface area (Å²) in [4.78, 5) is 42.3. The van der Waals surface area contributed by atoms with Crippen LogP contribution >= 0.6 is 11.8 Å². The molecule has 2 aromatic carbocycles. The van der Waals surface area contributed by atoms with Gasteiger partial charge in [-0.2, -0.15) is 0 Å². The van der Waals surface area contributed by atoms with Gasteiger partial charge in [-0.25, -0.2) is 9.18 Å². The molecule has 3 N–H and O–H groups in total. The van der Waals surface area contributed by atoms with Crippen molar-refractivity contribution in [3.05, 3.63) is 86.3 Å². The van der Waals surface area contributed by atoms with Gasteiger partial charge in [-0.05, 0) is 30.2 Å². The number of rotatable bonds is 11. The molecule has 0 saturated carbocycles. The van der Waals surface area contributed by atoms with Crippen LogP contribution in [0.3, 0.4) is 0 Å². The Bertz CT molecular complexity index is 1270. The highest BCUT2D eigenvalue weighted by atomic mass is 32.2. The summed E-state index contributed by atoms with van der Waals surface area (Å²) in [5.74, 6) is 0.333. The van der Waals surface area contributed by atoms with Gasteiger partial charge in [0.05, 0.1) is 19.4 Å². The number of aromatic amines is 1. The number of carbonyl (C=O) groups is 1. The molecule has 0 bridgehead atoms. The van der Waals surface area contributed by atoms with Crippen molar-refractivity contribution in [3.63, 3.8) is 0 Å². The Hall–Kier alpha value is -3.53. The van der Waals surface area contributed by atoms with E-state index >= 15 is 0 Å². The minimum absolute atomic E-state index is 0.0270. The Morgan fingerprint density at radius 3 is 2.57 bits per heavy atom. The quantitative estimate of drug-likeness (QED) is 0.417. The Morgan fingerprint density at radius 2 is 1.89 bits per heavy atom. The average Bonchev–Trinajstić information content (AvgIpc) is 2.84. The van der Waals surface area contributed by atoms with E-state index in [0.717, 1.165) is 12.0 Å². The van der Waals surface area contributed by atoms with Crippen molar-refractivity contribution in [1.29, 1.82) is 0 Å². The van der Waals surface area contributed by atoms with Gasteiger partial charge in [0.1, 0.15) is 17.4 Å². The first-order valence-corrected chi connectivity index (χ1v) is 12.4. The van der Waals surface area contributed by atoms with Gasteiger partial charge in [0, 0.05) is 17.9 Å². The van der Waals surface area contributed by atoms with Crippen molar-refractivity contribution in [2.75, 3.05) is 23.5 Å². The number of thioether (sulfide) groups is 1. The van der Waals surface area contributed by atoms with Gasteiger partial charge < -0.3 is 10.5 Å². The van der Waals surface area contributed by atoms with Crippen LogP contribution in [0, 0.1) is 5.82 Å². The fourth-order valence-corrected chi connectivity index (χ4v) is 4.45. The third-order valence-electron chi connectivity index (χ3n) is 5.45. The minimum atomic E-state index is -0.730. The number of halogens is 1. The van der Waals surface area contributed by atoms with E-state index in [-0.39, 0.29) is 35.5 Å². The monoisotopic (exact) mass is 500 g/mol. The number of unbranched alkanes of at least 4 members (excludes halogenated alkanes) is 1. The maximum absolute atomic E-state index is 13.4. The predicted octanol–water partition coefficient (Wildman–Crippen LogP) is 3.53. The van der Waals surface area contributed by atoms with E-state index in [1.807, 2.05) is 6.92 Å². The van der Waals surface area contributed by atoms with Crippen LogP contribution in [0.25, 0.3) is 0 Å². The molecule has 0 aliphatic rings. The van der Waals surface area contributed by atoms with Crippen LogP contribution in [0.2, 0.25) is 0 Å². The number of hydrogen-bond acceptors (Lipinski definition) is 6. The molecule has 0 unspecified atom stereocenters. The summed E-state index contributed by atoms with van der Waals surface area (Å²) in [5, 5.41) is 0. The number of nitrogens with one attached hydrogen (secondary N) is 1. The first-order valence-electron chi connectivity index (χ1n) is 11.2. The second-order valence-corrected chi connectivity index (χ2v) is 8.89. The van der Waals surface area contributed by atoms with Crippen LogP contribution in [-0.4, -0.2) is 28.3 Å². The van der Waals surface area contributed by atoms with Crippen molar-refractivity contribution >= 4 is 29.2 Å². The Balaban J connectivity index is 1.95. The molecule has 0 aliphatic carbocycles. The fraction of sp³-hybridized carbons (Fsp3) is 0.320. The standard InChI is InChI=1S/C25H29FN4O4S/c1-3-4-13-29-23(27)22(24(32)28-25(29)33)30(14-18-7-5-6-8-20(18)34-2)21(31)16-35-15-17-9-11-19(26)12-10-17/h5-12H,3-4,13-16,27H2,1-2H3,(H,28,32,33). The zero-order valence-corrected chi connectivity index (χ0v) is 20.6. The van der Waals surface area contributed by atoms with Gasteiger partial charge in [-0.15, -0.1) is 11.8 Å². The SMILES string of the molecule is CCCCn1c(N)c(N(Cc2ccccc2OC)C(=O)CSCc2ccc(F)cc2)c(=O)[nH]c1=O. The summed E-state index contributed by atoms with van der Waals surface area (Å²) in [6.07, 6.45) is 1.51. The van der Waals surface area contributed by atoms with Crippen molar-refractivity contribution in [2.24, 2.45) is 0 Å². The fourth-order valence-electron chi connectivity index (χ4n) is 3.59. The van der Waals surface area contributed by atoms with Gasteiger partial charge in [-0.3, -0.25) is 24.0 Å². The van der Waals surface area contributed by atoms with Crippen LogP contribution in [0.15, 0.2) is 58.1 Å². The summed E-state index contributed by atoms with van der Waals surface area (Å²) in [6, 6.07) is 13.2. The first kappa shape index (κ1) is 26.1. The van der Waals surface area contributed by atoms with Crippen molar-refractivity contribution in [3.8, 4) is 5.75 Å². The molecule has 1 heterocycles. The molecule has 35 heavy (non-hydrogen) atoms. The van der Waals surface area contributed by atoms with E-state index < -0.39 is 11.2 Å². The molecule has 3 aromatic rings. The Labute approximate surface area is 206 Å². The maximum Gasteiger partial charge on any atom is 0.330 e. The van der Waals surface area contributed by atoms with Gasteiger partial charge in [0.2, 0.25) is 5.91 Å². The molecule has 1 amide bonds. The molecular formula is C25H29FN4O4S. The van der Waals surface area contributed by atoms with Crippen molar-refractivity contribution < 1.29 is 13.9 Å². The highest BCUT2D eigenvalue weighted by Crippen LogP contribution is 2.26. The number of ether oxygens (including phenoxy) is 1. The second-order valence-electron chi connectivity index (χ2n) is 7.91. The highest BCUT2D eigenvalue weighted by Gasteiger charge is 2.25. The molecule has 1 aromatic heterocycles. The third-order valence-corrected chi connectivity index (χ3v) is 6.44. The van der Waals surface area contributed by atoms with E-state index in [2.05, 4.69) is 4.98 Å². The summed E-state index contributed by atoms with van der Waals surface area (Å²) < 4.78 is 19.9. The number of hydrogen-bond donors (Lipinski definition) is 2. The number of anilines is 2. The van der Waals surface area contributed by atoms with E-state index in [0.29, 0.717) is 30.0 Å². The van der Waals surface area contributed by atoms with E-state index in [9.17, 15) is 18.8 Å². The van der Waals surface area contributed by atoms with E-state index in [1.165, 1.54) is 40.5 Å². The highest BCUT2D eigenvalue weighted by molar-refractivity contribution is 7.99. The average molecular weight is 501 g/mol. The minimum Gasteiger partial charge on any atom is -0.496 e. The lowest BCUT2D eigenvalue weighted by molar-refractivity contribution is -0.116. The summed E-state index contributed by atoms with van der Waals surface area (Å²) in [7, 11) is 1.52. The largest absolute Gasteiger partial charge is 0.496 e. The Kier molecular flexibility index (Phi) is 9.13. The topological polar surface area (TPSA) is 110 Å². The predicted molar refractivity (Wildman–Crippen MR) is 137 cm³/mol. The molecule has 3 rings (SSSR count). The number of amides is 1. The maximum atomic E-state index is 13.4. The van der Waals surface area contributed by atoms with Gasteiger partial charge in [0.25, 0.3) is 5.56 Å². The second kappa shape index (κ2) is 12.3. The van der Waals surface area contributed by atoms with E-state index in [1.54, 1.807) is 36.4 Å². The molecule has 8 nitrogen and oxygen atoms in total. The summed E-state index contributed by atoms with van der Waals surface area (Å²) in [6.45, 7) is 2.32. The van der Waals surface area contributed by atoms with E-state index in [4.69, 9.17) is 10.5 Å². The smallest absolute Gasteiger partial charge is 0.330 e. The number of nitrogens with zero attached hydrogens (tertiary/aromatic N) is 2. The number of carbonyl (C=O) groups excluding carboxylic acids is 1. The van der Waals surface area contributed by atoms with Crippen LogP contribution in [-0.2, 0) is 23.6 Å². The summed E-state index contributed by atoms with van der Waals surface area (Å²) >= 11 is 1.33. The number of nitrogen functional groups attached to an aromatic ring is 1. The summed E-state index contributed by atoms with van der Waals surface area (Å²) in [5.41, 5.74) is 6.43. The number of aromatic nitrogens is 2. The molecule has 0 radical (unpaired) electrons.